The lowest BCUT2D eigenvalue weighted by Crippen LogP contribution is -2.13. The summed E-state index contributed by atoms with van der Waals surface area (Å²) in [5.74, 6) is -0.195. The molecular formula is C9H5Cl3N4O. The van der Waals surface area contributed by atoms with Gasteiger partial charge in [-0.1, -0.05) is 34.8 Å². The van der Waals surface area contributed by atoms with Crippen molar-refractivity contribution in [1.29, 1.82) is 0 Å². The van der Waals surface area contributed by atoms with E-state index in [1.165, 1.54) is 18.5 Å². The Morgan fingerprint density at radius 2 is 2.06 bits per heavy atom. The van der Waals surface area contributed by atoms with E-state index in [0.29, 0.717) is 0 Å². The molecule has 2 N–H and O–H groups in total. The normalized spacial score (nSPS) is 10.3. The van der Waals surface area contributed by atoms with Crippen LogP contribution in [-0.2, 0) is 0 Å². The van der Waals surface area contributed by atoms with Crippen molar-refractivity contribution in [2.75, 3.05) is 5.32 Å². The first kappa shape index (κ1) is 12.2. The molecule has 8 heteroatoms. The Balaban J connectivity index is 2.17. The molecule has 0 saturated heterocycles. The van der Waals surface area contributed by atoms with Crippen molar-refractivity contribution in [2.24, 2.45) is 0 Å². The average molecular weight is 292 g/mol. The lowest BCUT2D eigenvalue weighted by molar-refractivity contribution is 0.102. The Kier molecular flexibility index (Phi) is 3.51. The highest BCUT2D eigenvalue weighted by atomic mass is 35.5. The number of halogens is 3. The summed E-state index contributed by atoms with van der Waals surface area (Å²) >= 11 is 17.0. The second kappa shape index (κ2) is 4.91. The molecule has 0 aliphatic carbocycles. The largest absolute Gasteiger partial charge is 0.340 e. The van der Waals surface area contributed by atoms with Gasteiger partial charge < -0.3 is 10.3 Å². The van der Waals surface area contributed by atoms with Crippen LogP contribution in [0.5, 0.6) is 0 Å². The minimum atomic E-state index is -0.435. The molecule has 2 rings (SSSR count). The number of hydrogen-bond donors (Lipinski definition) is 2. The standard InChI is InChI=1S/C9H5Cl3N4O/c10-4-1-5(14-8(4)12)9(17)16-7-3-13-2-6(11)15-7/h1-3,14H,(H,15,16,17). The van der Waals surface area contributed by atoms with E-state index in [9.17, 15) is 4.79 Å². The van der Waals surface area contributed by atoms with Gasteiger partial charge in [-0.15, -0.1) is 0 Å². The van der Waals surface area contributed by atoms with Crippen LogP contribution in [0.25, 0.3) is 0 Å². The van der Waals surface area contributed by atoms with Gasteiger partial charge in [0.05, 0.1) is 17.4 Å². The molecule has 2 heterocycles. The van der Waals surface area contributed by atoms with E-state index < -0.39 is 5.91 Å². The first-order valence-electron chi connectivity index (χ1n) is 4.39. The molecule has 5 nitrogen and oxygen atoms in total. The Morgan fingerprint density at radius 1 is 1.29 bits per heavy atom. The summed E-state index contributed by atoms with van der Waals surface area (Å²) in [6.07, 6.45) is 2.73. The second-order valence-corrected chi connectivity index (χ2v) is 4.20. The molecule has 0 fully saturated rings. The fourth-order valence-electron chi connectivity index (χ4n) is 1.11. The van der Waals surface area contributed by atoms with Crippen LogP contribution in [0, 0.1) is 0 Å². The van der Waals surface area contributed by atoms with Crippen molar-refractivity contribution >= 4 is 46.5 Å². The van der Waals surface area contributed by atoms with Crippen molar-refractivity contribution in [3.8, 4) is 0 Å². The third-order valence-corrected chi connectivity index (χ3v) is 2.69. The van der Waals surface area contributed by atoms with Gasteiger partial charge >= 0.3 is 0 Å². The number of hydrogen-bond acceptors (Lipinski definition) is 3. The monoisotopic (exact) mass is 290 g/mol. The molecule has 1 amide bonds. The highest BCUT2D eigenvalue weighted by Crippen LogP contribution is 2.22. The number of nitrogens with zero attached hydrogens (tertiary/aromatic N) is 2. The summed E-state index contributed by atoms with van der Waals surface area (Å²) in [5, 5.41) is 3.15. The SMILES string of the molecule is O=C(Nc1cncc(Cl)n1)c1cc(Cl)c(Cl)[nH]1. The smallest absolute Gasteiger partial charge is 0.273 e. The minimum Gasteiger partial charge on any atom is -0.340 e. The van der Waals surface area contributed by atoms with Crippen LogP contribution in [0.15, 0.2) is 18.5 Å². The van der Waals surface area contributed by atoms with E-state index in [2.05, 4.69) is 20.3 Å². The number of anilines is 1. The number of carbonyl (C=O) groups excluding carboxylic acids is 1. The molecule has 0 aliphatic heterocycles. The summed E-state index contributed by atoms with van der Waals surface area (Å²) in [6, 6.07) is 1.41. The number of amides is 1. The first-order chi connectivity index (χ1) is 8.06. The molecule has 0 atom stereocenters. The fourth-order valence-corrected chi connectivity index (χ4v) is 1.57. The quantitative estimate of drug-likeness (QED) is 0.893. The zero-order valence-corrected chi connectivity index (χ0v) is 10.4. The van der Waals surface area contributed by atoms with E-state index in [1.54, 1.807) is 0 Å². The van der Waals surface area contributed by atoms with E-state index >= 15 is 0 Å². The number of aromatic nitrogens is 3. The molecule has 0 bridgehead atoms. The Bertz CT molecular complexity index is 550. The molecule has 0 aliphatic rings. The maximum Gasteiger partial charge on any atom is 0.273 e. The zero-order chi connectivity index (χ0) is 12.4. The molecule has 0 spiro atoms. The summed E-state index contributed by atoms with van der Waals surface area (Å²) in [4.78, 5) is 22.0. The highest BCUT2D eigenvalue weighted by Gasteiger charge is 2.12. The number of rotatable bonds is 2. The number of H-pyrrole nitrogens is 1. The van der Waals surface area contributed by atoms with Crippen molar-refractivity contribution in [3.05, 3.63) is 39.5 Å². The van der Waals surface area contributed by atoms with Gasteiger partial charge in [-0.25, -0.2) is 4.98 Å². The lowest BCUT2D eigenvalue weighted by Gasteiger charge is -2.01. The molecule has 0 radical (unpaired) electrons. The average Bonchev–Trinajstić information content (AvgIpc) is 2.59. The Hall–Kier alpha value is -1.30. The molecule has 2 aromatic heterocycles. The molecular weight excluding hydrogens is 286 g/mol. The Labute approximate surface area is 111 Å². The maximum absolute atomic E-state index is 11.7. The summed E-state index contributed by atoms with van der Waals surface area (Å²) in [6.45, 7) is 0. The summed E-state index contributed by atoms with van der Waals surface area (Å²) < 4.78 is 0. The van der Waals surface area contributed by atoms with Crippen LogP contribution in [0.2, 0.25) is 15.3 Å². The third-order valence-electron chi connectivity index (χ3n) is 1.82. The van der Waals surface area contributed by atoms with E-state index in [-0.39, 0.29) is 26.8 Å². The van der Waals surface area contributed by atoms with Gasteiger partial charge in [0.2, 0.25) is 0 Å². The van der Waals surface area contributed by atoms with Gasteiger partial charge in [-0.3, -0.25) is 9.78 Å². The van der Waals surface area contributed by atoms with Gasteiger partial charge in [-0.05, 0) is 6.07 Å². The van der Waals surface area contributed by atoms with E-state index in [0.717, 1.165) is 0 Å². The Morgan fingerprint density at radius 3 is 2.65 bits per heavy atom. The fraction of sp³-hybridized carbons (Fsp3) is 0. The zero-order valence-electron chi connectivity index (χ0n) is 8.17. The summed E-state index contributed by atoms with van der Waals surface area (Å²) in [5.41, 5.74) is 0.224. The number of carbonyl (C=O) groups is 1. The lowest BCUT2D eigenvalue weighted by atomic mass is 10.4. The minimum absolute atomic E-state index is 0.186. The van der Waals surface area contributed by atoms with Crippen LogP contribution >= 0.6 is 34.8 Å². The van der Waals surface area contributed by atoms with Crippen molar-refractivity contribution in [2.45, 2.75) is 0 Å². The maximum atomic E-state index is 11.7. The van der Waals surface area contributed by atoms with Crippen LogP contribution in [0.3, 0.4) is 0 Å². The predicted molar refractivity (Wildman–Crippen MR) is 65.8 cm³/mol. The molecule has 2 aromatic rings. The van der Waals surface area contributed by atoms with Crippen molar-refractivity contribution in [1.82, 2.24) is 15.0 Å². The van der Waals surface area contributed by atoms with Gasteiger partial charge in [0.1, 0.15) is 16.0 Å². The highest BCUT2D eigenvalue weighted by molar-refractivity contribution is 6.41. The second-order valence-electron chi connectivity index (χ2n) is 3.03. The predicted octanol–water partition coefficient (Wildman–Crippen LogP) is 3.02. The van der Waals surface area contributed by atoms with E-state index in [4.69, 9.17) is 34.8 Å². The molecule has 0 unspecified atom stereocenters. The molecule has 0 saturated carbocycles. The van der Waals surface area contributed by atoms with Gasteiger partial charge in [0.25, 0.3) is 5.91 Å². The van der Waals surface area contributed by atoms with Crippen LogP contribution in [0.1, 0.15) is 10.5 Å². The van der Waals surface area contributed by atoms with Crippen molar-refractivity contribution in [3.63, 3.8) is 0 Å². The van der Waals surface area contributed by atoms with Gasteiger partial charge in [0, 0.05) is 0 Å². The van der Waals surface area contributed by atoms with Crippen LogP contribution in [0.4, 0.5) is 5.82 Å². The molecule has 17 heavy (non-hydrogen) atoms. The van der Waals surface area contributed by atoms with E-state index in [1.807, 2.05) is 0 Å². The van der Waals surface area contributed by atoms with Crippen LogP contribution in [-0.4, -0.2) is 20.9 Å². The number of nitrogens with one attached hydrogen (secondary N) is 2. The molecule has 0 aromatic carbocycles. The first-order valence-corrected chi connectivity index (χ1v) is 5.52. The van der Waals surface area contributed by atoms with Crippen LogP contribution < -0.4 is 5.32 Å². The van der Waals surface area contributed by atoms with Gasteiger partial charge in [0.15, 0.2) is 5.82 Å². The summed E-state index contributed by atoms with van der Waals surface area (Å²) in [7, 11) is 0. The third kappa shape index (κ3) is 2.88. The molecule has 88 valence electrons. The number of aromatic amines is 1. The van der Waals surface area contributed by atoms with Crippen molar-refractivity contribution < 1.29 is 4.79 Å². The topological polar surface area (TPSA) is 70.7 Å². The van der Waals surface area contributed by atoms with Gasteiger partial charge in [-0.2, -0.15) is 0 Å².